The van der Waals surface area contributed by atoms with Crippen molar-refractivity contribution >= 4 is 5.91 Å². The summed E-state index contributed by atoms with van der Waals surface area (Å²) < 4.78 is 16.2. The zero-order valence-electron chi connectivity index (χ0n) is 17.2. The van der Waals surface area contributed by atoms with E-state index in [1.54, 1.807) is 55.9 Å². The fourth-order valence-electron chi connectivity index (χ4n) is 2.93. The van der Waals surface area contributed by atoms with Gasteiger partial charge >= 0.3 is 6.01 Å². The van der Waals surface area contributed by atoms with Crippen molar-refractivity contribution in [1.82, 2.24) is 15.3 Å². The smallest absolute Gasteiger partial charge is 0.321 e. The molecule has 0 aliphatic heterocycles. The van der Waals surface area contributed by atoms with Gasteiger partial charge in [-0.15, -0.1) is 0 Å². The van der Waals surface area contributed by atoms with Crippen LogP contribution in [0.15, 0.2) is 77.5 Å². The molecule has 0 aliphatic carbocycles. The number of carbonyl (C=O) groups is 1. The monoisotopic (exact) mass is 415 g/mol. The van der Waals surface area contributed by atoms with Crippen molar-refractivity contribution in [2.75, 3.05) is 7.11 Å². The summed E-state index contributed by atoms with van der Waals surface area (Å²) in [5.41, 5.74) is 2.28. The molecule has 0 fully saturated rings. The fraction of sp³-hybridized carbons (Fsp3) is 0.125. The third-order valence-corrected chi connectivity index (χ3v) is 4.60. The van der Waals surface area contributed by atoms with Gasteiger partial charge in [-0.2, -0.15) is 0 Å². The van der Waals surface area contributed by atoms with Gasteiger partial charge in [0.1, 0.15) is 23.0 Å². The summed E-state index contributed by atoms with van der Waals surface area (Å²) in [4.78, 5) is 20.9. The average Bonchev–Trinajstić information content (AvgIpc) is 3.24. The Hall–Kier alpha value is -4.13. The van der Waals surface area contributed by atoms with E-state index in [2.05, 4.69) is 15.3 Å². The van der Waals surface area contributed by atoms with E-state index in [4.69, 9.17) is 13.9 Å². The first-order valence-electron chi connectivity index (χ1n) is 9.68. The predicted molar refractivity (Wildman–Crippen MR) is 115 cm³/mol. The molecule has 2 aromatic heterocycles. The summed E-state index contributed by atoms with van der Waals surface area (Å²) in [5, 5.41) is 2.84. The van der Waals surface area contributed by atoms with Crippen molar-refractivity contribution < 1.29 is 18.7 Å². The van der Waals surface area contributed by atoms with E-state index in [-0.39, 0.29) is 11.9 Å². The lowest BCUT2D eigenvalue weighted by Gasteiger charge is -2.07. The summed E-state index contributed by atoms with van der Waals surface area (Å²) in [6.45, 7) is 2.21. The number of carbonyl (C=O) groups excluding carboxylic acids is 1. The molecule has 1 amide bonds. The van der Waals surface area contributed by atoms with E-state index >= 15 is 0 Å². The van der Waals surface area contributed by atoms with Gasteiger partial charge in [0.25, 0.3) is 5.91 Å². The number of furan rings is 1. The predicted octanol–water partition coefficient (Wildman–Crippen LogP) is 4.78. The van der Waals surface area contributed by atoms with Crippen LogP contribution in [0.4, 0.5) is 0 Å². The SMILES string of the molecule is COc1ccc(Oc2ncc(-c3ccc(C(=O)NCc4ccc(C)o4)cc3)cn2)cc1. The summed E-state index contributed by atoms with van der Waals surface area (Å²) >= 11 is 0. The second-order valence-electron chi connectivity index (χ2n) is 6.80. The van der Waals surface area contributed by atoms with Gasteiger partial charge in [0, 0.05) is 23.5 Å². The number of amides is 1. The van der Waals surface area contributed by atoms with Crippen LogP contribution < -0.4 is 14.8 Å². The highest BCUT2D eigenvalue weighted by Gasteiger charge is 2.08. The average molecular weight is 415 g/mol. The van der Waals surface area contributed by atoms with Gasteiger partial charge in [-0.05, 0) is 61.0 Å². The van der Waals surface area contributed by atoms with Crippen LogP contribution in [0.3, 0.4) is 0 Å². The van der Waals surface area contributed by atoms with Crippen LogP contribution in [0, 0.1) is 6.92 Å². The lowest BCUT2D eigenvalue weighted by molar-refractivity contribution is 0.0948. The molecule has 1 N–H and O–H groups in total. The van der Waals surface area contributed by atoms with Crippen LogP contribution in [0.25, 0.3) is 11.1 Å². The van der Waals surface area contributed by atoms with E-state index in [9.17, 15) is 4.79 Å². The molecule has 0 aliphatic rings. The van der Waals surface area contributed by atoms with Crippen molar-refractivity contribution in [2.45, 2.75) is 13.5 Å². The third-order valence-electron chi connectivity index (χ3n) is 4.60. The van der Waals surface area contributed by atoms with Crippen LogP contribution in [0.5, 0.6) is 17.5 Å². The Morgan fingerprint density at radius 1 is 0.903 bits per heavy atom. The molecule has 0 atom stereocenters. The number of aryl methyl sites for hydroxylation is 1. The quantitative estimate of drug-likeness (QED) is 0.468. The molecule has 0 saturated heterocycles. The Balaban J connectivity index is 1.37. The molecule has 31 heavy (non-hydrogen) atoms. The van der Waals surface area contributed by atoms with E-state index in [1.165, 1.54) is 0 Å². The summed E-state index contributed by atoms with van der Waals surface area (Å²) in [7, 11) is 1.61. The standard InChI is InChI=1S/C24H21N3O4/c1-16-3-8-22(30-16)15-25-23(28)18-6-4-17(5-7-18)19-13-26-24(27-14-19)31-21-11-9-20(29-2)10-12-21/h3-14H,15H2,1-2H3,(H,25,28). The number of nitrogens with zero attached hydrogens (tertiary/aromatic N) is 2. The van der Waals surface area contributed by atoms with E-state index < -0.39 is 0 Å². The summed E-state index contributed by atoms with van der Waals surface area (Å²) in [6, 6.07) is 18.4. The Labute approximate surface area is 179 Å². The Morgan fingerprint density at radius 3 is 2.19 bits per heavy atom. The number of hydrogen-bond acceptors (Lipinski definition) is 6. The van der Waals surface area contributed by atoms with E-state index in [0.29, 0.717) is 17.9 Å². The van der Waals surface area contributed by atoms with Gasteiger partial charge in [-0.3, -0.25) is 4.79 Å². The fourth-order valence-corrected chi connectivity index (χ4v) is 2.93. The molecule has 4 rings (SSSR count). The Morgan fingerprint density at radius 2 is 1.58 bits per heavy atom. The lowest BCUT2D eigenvalue weighted by atomic mass is 10.1. The maximum Gasteiger partial charge on any atom is 0.321 e. The minimum absolute atomic E-state index is 0.167. The maximum atomic E-state index is 12.3. The highest BCUT2D eigenvalue weighted by molar-refractivity contribution is 5.94. The molecular formula is C24H21N3O4. The molecule has 0 unspecified atom stereocenters. The number of benzene rings is 2. The van der Waals surface area contributed by atoms with Gasteiger partial charge < -0.3 is 19.2 Å². The molecule has 7 heteroatoms. The Bertz CT molecular complexity index is 1150. The van der Waals surface area contributed by atoms with Crippen molar-refractivity contribution in [2.24, 2.45) is 0 Å². The number of nitrogens with one attached hydrogen (secondary N) is 1. The zero-order chi connectivity index (χ0) is 21.6. The number of methoxy groups -OCH3 is 1. The second-order valence-corrected chi connectivity index (χ2v) is 6.80. The van der Waals surface area contributed by atoms with Gasteiger partial charge in [0.2, 0.25) is 0 Å². The van der Waals surface area contributed by atoms with Crippen LogP contribution >= 0.6 is 0 Å². The van der Waals surface area contributed by atoms with Gasteiger partial charge in [-0.1, -0.05) is 12.1 Å². The molecule has 0 bridgehead atoms. The first-order valence-corrected chi connectivity index (χ1v) is 9.68. The van der Waals surface area contributed by atoms with Crippen LogP contribution in [-0.4, -0.2) is 23.0 Å². The van der Waals surface area contributed by atoms with Crippen molar-refractivity contribution in [3.63, 3.8) is 0 Å². The normalized spacial score (nSPS) is 10.5. The van der Waals surface area contributed by atoms with Crippen LogP contribution in [-0.2, 0) is 6.54 Å². The molecule has 0 saturated carbocycles. The van der Waals surface area contributed by atoms with Crippen molar-refractivity contribution in [3.05, 3.63) is 90.1 Å². The molecule has 0 radical (unpaired) electrons. The number of hydrogen-bond donors (Lipinski definition) is 1. The maximum absolute atomic E-state index is 12.3. The number of rotatable bonds is 7. The van der Waals surface area contributed by atoms with E-state index in [0.717, 1.165) is 28.4 Å². The van der Waals surface area contributed by atoms with Gasteiger partial charge in [0.15, 0.2) is 0 Å². The number of ether oxygens (including phenoxy) is 2. The topological polar surface area (TPSA) is 86.5 Å². The first-order chi connectivity index (χ1) is 15.1. The summed E-state index contributed by atoms with van der Waals surface area (Å²) in [6.07, 6.45) is 3.36. The number of aromatic nitrogens is 2. The molecule has 2 aromatic carbocycles. The van der Waals surface area contributed by atoms with Gasteiger partial charge in [0.05, 0.1) is 13.7 Å². The van der Waals surface area contributed by atoms with Crippen molar-refractivity contribution in [3.8, 4) is 28.6 Å². The molecule has 0 spiro atoms. The van der Waals surface area contributed by atoms with Crippen LogP contribution in [0.1, 0.15) is 21.9 Å². The summed E-state index contributed by atoms with van der Waals surface area (Å²) in [5.74, 6) is 2.73. The zero-order valence-corrected chi connectivity index (χ0v) is 17.2. The molecule has 7 nitrogen and oxygen atoms in total. The van der Waals surface area contributed by atoms with Crippen molar-refractivity contribution in [1.29, 1.82) is 0 Å². The minimum atomic E-state index is -0.167. The van der Waals surface area contributed by atoms with Crippen LogP contribution in [0.2, 0.25) is 0 Å². The largest absolute Gasteiger partial charge is 0.497 e. The molecule has 2 heterocycles. The third kappa shape index (κ3) is 5.08. The first kappa shape index (κ1) is 20.2. The highest BCUT2D eigenvalue weighted by Crippen LogP contribution is 2.23. The van der Waals surface area contributed by atoms with E-state index in [1.807, 2.05) is 31.2 Å². The highest BCUT2D eigenvalue weighted by atomic mass is 16.5. The van der Waals surface area contributed by atoms with Gasteiger partial charge in [-0.25, -0.2) is 9.97 Å². The molecule has 4 aromatic rings. The lowest BCUT2D eigenvalue weighted by Crippen LogP contribution is -2.22. The molecular weight excluding hydrogens is 394 g/mol. The molecule has 156 valence electrons. The Kier molecular flexibility index (Phi) is 5.93. The minimum Gasteiger partial charge on any atom is -0.497 e. The second kappa shape index (κ2) is 9.13.